The van der Waals surface area contributed by atoms with Crippen molar-refractivity contribution in [3.05, 3.63) is 87.4 Å². The highest BCUT2D eigenvalue weighted by atomic mass is 35.5. The first-order chi connectivity index (χ1) is 16.0. The molecule has 0 radical (unpaired) electrons. The minimum absolute atomic E-state index is 0.283. The van der Waals surface area contributed by atoms with Crippen molar-refractivity contribution in [3.63, 3.8) is 0 Å². The zero-order chi connectivity index (χ0) is 23.4. The molecule has 0 aliphatic carbocycles. The highest BCUT2D eigenvalue weighted by Crippen LogP contribution is 2.31. The second kappa shape index (κ2) is 9.95. The predicted molar refractivity (Wildman–Crippen MR) is 128 cm³/mol. The molecule has 1 aromatic heterocycles. The number of benzene rings is 3. The van der Waals surface area contributed by atoms with Crippen molar-refractivity contribution in [1.29, 1.82) is 5.26 Å². The van der Waals surface area contributed by atoms with E-state index in [1.807, 2.05) is 19.1 Å². The van der Waals surface area contributed by atoms with Gasteiger partial charge < -0.3 is 14.5 Å². The van der Waals surface area contributed by atoms with Gasteiger partial charge in [0.15, 0.2) is 11.5 Å². The van der Waals surface area contributed by atoms with Crippen LogP contribution in [0, 0.1) is 17.1 Å². The van der Waals surface area contributed by atoms with Crippen molar-refractivity contribution < 1.29 is 13.9 Å². The summed E-state index contributed by atoms with van der Waals surface area (Å²) in [6.45, 7) is 2.60. The SMILES string of the molecule is CCOc1cc(/C=C(/C#N)c2nc3ccc(F)cc3[nH]2)ccc1OCc1ccc(Cl)c(Cl)c1. The van der Waals surface area contributed by atoms with Gasteiger partial charge in [0, 0.05) is 0 Å². The number of nitriles is 1. The van der Waals surface area contributed by atoms with E-state index in [1.54, 1.807) is 36.4 Å². The smallest absolute Gasteiger partial charge is 0.161 e. The van der Waals surface area contributed by atoms with Crippen LogP contribution in [0.1, 0.15) is 23.9 Å². The molecule has 166 valence electrons. The Labute approximate surface area is 200 Å². The summed E-state index contributed by atoms with van der Waals surface area (Å²) in [7, 11) is 0. The lowest BCUT2D eigenvalue weighted by Gasteiger charge is -2.13. The van der Waals surface area contributed by atoms with Crippen LogP contribution in [0.25, 0.3) is 22.7 Å². The Hall–Kier alpha value is -3.53. The predicted octanol–water partition coefficient (Wildman–Crippen LogP) is 7.05. The van der Waals surface area contributed by atoms with Crippen LogP contribution in [0.15, 0.2) is 54.6 Å². The van der Waals surface area contributed by atoms with Gasteiger partial charge in [-0.3, -0.25) is 0 Å². The molecule has 0 aliphatic rings. The molecule has 0 bridgehead atoms. The lowest BCUT2D eigenvalue weighted by atomic mass is 10.1. The Morgan fingerprint density at radius 2 is 1.91 bits per heavy atom. The molecule has 0 amide bonds. The second-order valence-corrected chi connectivity index (χ2v) is 7.91. The van der Waals surface area contributed by atoms with Crippen LogP contribution in [0.5, 0.6) is 11.5 Å². The van der Waals surface area contributed by atoms with Crippen molar-refractivity contribution in [2.24, 2.45) is 0 Å². The highest BCUT2D eigenvalue weighted by Gasteiger charge is 2.11. The van der Waals surface area contributed by atoms with E-state index >= 15 is 0 Å². The summed E-state index contributed by atoms with van der Waals surface area (Å²) in [6, 6.07) is 17.1. The van der Waals surface area contributed by atoms with E-state index in [0.717, 1.165) is 11.1 Å². The van der Waals surface area contributed by atoms with Crippen LogP contribution in [0.2, 0.25) is 10.0 Å². The number of ether oxygens (including phenoxy) is 2. The van der Waals surface area contributed by atoms with Crippen molar-refractivity contribution in [3.8, 4) is 17.6 Å². The van der Waals surface area contributed by atoms with Crippen molar-refractivity contribution in [2.75, 3.05) is 6.61 Å². The Kier molecular flexibility index (Phi) is 6.83. The number of rotatable bonds is 7. The van der Waals surface area contributed by atoms with E-state index in [2.05, 4.69) is 16.0 Å². The fourth-order valence-corrected chi connectivity index (χ4v) is 3.54. The number of imidazole rings is 1. The number of fused-ring (bicyclic) bond motifs is 1. The fourth-order valence-electron chi connectivity index (χ4n) is 3.22. The molecule has 33 heavy (non-hydrogen) atoms. The monoisotopic (exact) mass is 481 g/mol. The van der Waals surface area contributed by atoms with Crippen LogP contribution >= 0.6 is 23.2 Å². The van der Waals surface area contributed by atoms with Crippen molar-refractivity contribution >= 4 is 45.9 Å². The number of nitrogens with one attached hydrogen (secondary N) is 1. The number of allylic oxidation sites excluding steroid dienone is 1. The zero-order valence-electron chi connectivity index (χ0n) is 17.5. The summed E-state index contributed by atoms with van der Waals surface area (Å²) < 4.78 is 25.1. The molecule has 1 heterocycles. The fraction of sp³-hybridized carbons (Fsp3) is 0.120. The lowest BCUT2D eigenvalue weighted by Crippen LogP contribution is -2.00. The molecule has 0 saturated heterocycles. The molecule has 0 spiro atoms. The maximum Gasteiger partial charge on any atom is 0.161 e. The van der Waals surface area contributed by atoms with Gasteiger partial charge in [0.05, 0.1) is 33.3 Å². The number of nitrogens with zero attached hydrogens (tertiary/aromatic N) is 2. The van der Waals surface area contributed by atoms with E-state index < -0.39 is 0 Å². The van der Waals surface area contributed by atoms with Gasteiger partial charge in [-0.1, -0.05) is 35.3 Å². The van der Waals surface area contributed by atoms with Gasteiger partial charge in [-0.2, -0.15) is 5.26 Å². The van der Waals surface area contributed by atoms with Crippen molar-refractivity contribution in [1.82, 2.24) is 9.97 Å². The first-order valence-corrected chi connectivity index (χ1v) is 10.8. The minimum Gasteiger partial charge on any atom is -0.490 e. The maximum absolute atomic E-state index is 13.5. The van der Waals surface area contributed by atoms with Gasteiger partial charge >= 0.3 is 0 Å². The third-order valence-electron chi connectivity index (χ3n) is 4.78. The largest absolute Gasteiger partial charge is 0.490 e. The molecule has 8 heteroatoms. The molecular formula is C25H18Cl2FN3O2. The number of H-pyrrole nitrogens is 1. The topological polar surface area (TPSA) is 70.9 Å². The molecule has 4 aromatic rings. The summed E-state index contributed by atoms with van der Waals surface area (Å²) in [4.78, 5) is 7.37. The molecule has 0 fully saturated rings. The second-order valence-electron chi connectivity index (χ2n) is 7.09. The zero-order valence-corrected chi connectivity index (χ0v) is 19.0. The Morgan fingerprint density at radius 1 is 1.06 bits per heavy atom. The van der Waals surface area contributed by atoms with Crippen molar-refractivity contribution in [2.45, 2.75) is 13.5 Å². The van der Waals surface area contributed by atoms with E-state index in [0.29, 0.717) is 50.6 Å². The van der Waals surface area contributed by atoms with Gasteiger partial charge in [-0.05, 0) is 66.6 Å². The Bertz CT molecular complexity index is 1390. The van der Waals surface area contributed by atoms with E-state index in [4.69, 9.17) is 32.7 Å². The van der Waals surface area contributed by atoms with Crippen LogP contribution in [0.3, 0.4) is 0 Å². The van der Waals surface area contributed by atoms with Crippen LogP contribution in [-0.4, -0.2) is 16.6 Å². The van der Waals surface area contributed by atoms with E-state index in [9.17, 15) is 9.65 Å². The summed E-state index contributed by atoms with van der Waals surface area (Å²) in [5.41, 5.74) is 2.99. The van der Waals surface area contributed by atoms with Gasteiger partial charge in [-0.25, -0.2) is 9.37 Å². The third kappa shape index (κ3) is 5.28. The number of halogens is 3. The van der Waals surface area contributed by atoms with Crippen LogP contribution < -0.4 is 9.47 Å². The molecule has 1 N–H and O–H groups in total. The van der Waals surface area contributed by atoms with E-state index in [1.165, 1.54) is 12.1 Å². The first kappa shape index (κ1) is 22.7. The quantitative estimate of drug-likeness (QED) is 0.287. The summed E-state index contributed by atoms with van der Waals surface area (Å²) in [5.74, 6) is 1.07. The third-order valence-corrected chi connectivity index (χ3v) is 5.52. The van der Waals surface area contributed by atoms with Gasteiger partial charge in [-0.15, -0.1) is 0 Å². The number of aromatic nitrogens is 2. The molecule has 0 aliphatic heterocycles. The highest BCUT2D eigenvalue weighted by molar-refractivity contribution is 6.42. The van der Waals surface area contributed by atoms with Gasteiger partial charge in [0.1, 0.15) is 24.3 Å². The molecule has 0 unspecified atom stereocenters. The summed E-state index contributed by atoms with van der Waals surface area (Å²) >= 11 is 12.0. The number of aromatic amines is 1. The van der Waals surface area contributed by atoms with Crippen LogP contribution in [0.4, 0.5) is 4.39 Å². The number of hydrogen-bond acceptors (Lipinski definition) is 4. The molecule has 0 saturated carbocycles. The average Bonchev–Trinajstić information content (AvgIpc) is 3.22. The summed E-state index contributed by atoms with van der Waals surface area (Å²) in [5, 5.41) is 10.6. The molecule has 3 aromatic carbocycles. The first-order valence-electron chi connectivity index (χ1n) is 10.1. The van der Waals surface area contributed by atoms with Crippen LogP contribution in [-0.2, 0) is 6.61 Å². The maximum atomic E-state index is 13.5. The average molecular weight is 482 g/mol. The Balaban J connectivity index is 1.60. The molecule has 4 rings (SSSR count). The normalized spacial score (nSPS) is 11.4. The summed E-state index contributed by atoms with van der Waals surface area (Å²) in [6.07, 6.45) is 1.68. The molecule has 0 atom stereocenters. The Morgan fingerprint density at radius 3 is 2.67 bits per heavy atom. The van der Waals surface area contributed by atoms with E-state index in [-0.39, 0.29) is 12.4 Å². The standard InChI is InChI=1S/C25H18Cl2FN3O2/c1-2-32-24-11-15(4-8-23(24)33-14-16-3-6-19(26)20(27)10-16)9-17(13-29)25-30-21-7-5-18(28)12-22(21)31-25/h3-12H,2,14H2,1H3,(H,30,31)/b17-9-. The number of hydrogen-bond donors (Lipinski definition) is 1. The van der Waals surface area contributed by atoms with Gasteiger partial charge in [0.2, 0.25) is 0 Å². The molecule has 5 nitrogen and oxygen atoms in total. The van der Waals surface area contributed by atoms with Gasteiger partial charge in [0.25, 0.3) is 0 Å². The minimum atomic E-state index is -0.377. The lowest BCUT2D eigenvalue weighted by molar-refractivity contribution is 0.269. The molecular weight excluding hydrogens is 464 g/mol.